The zero-order valence-electron chi connectivity index (χ0n) is 16.2. The highest BCUT2D eigenvalue weighted by Gasteiger charge is 2.13. The van der Waals surface area contributed by atoms with Gasteiger partial charge in [-0.05, 0) is 42.5 Å². The number of fused-ring (bicyclic) bond motifs is 1. The quantitative estimate of drug-likeness (QED) is 0.354. The Morgan fingerprint density at radius 1 is 1.03 bits per heavy atom. The van der Waals surface area contributed by atoms with Crippen LogP contribution in [0.25, 0.3) is 22.2 Å². The number of methoxy groups -OCH3 is 1. The van der Waals surface area contributed by atoms with E-state index in [9.17, 15) is 4.79 Å². The SMILES string of the molecule is COc1ccc(-c2cc(C(=O)NN=Cc3ccccc3Cl)c3ccccc3n2)cc1. The first-order chi connectivity index (χ1) is 14.7. The van der Waals surface area contributed by atoms with Crippen LogP contribution in [0, 0.1) is 0 Å². The Morgan fingerprint density at radius 3 is 2.53 bits per heavy atom. The third kappa shape index (κ3) is 4.16. The van der Waals surface area contributed by atoms with Gasteiger partial charge in [0.1, 0.15) is 5.75 Å². The van der Waals surface area contributed by atoms with Crippen molar-refractivity contribution in [2.24, 2.45) is 5.10 Å². The van der Waals surface area contributed by atoms with Crippen molar-refractivity contribution in [2.75, 3.05) is 7.11 Å². The number of halogens is 1. The Hall–Kier alpha value is -3.70. The van der Waals surface area contributed by atoms with E-state index in [1.807, 2.05) is 66.7 Å². The van der Waals surface area contributed by atoms with Crippen LogP contribution < -0.4 is 10.2 Å². The summed E-state index contributed by atoms with van der Waals surface area (Å²) in [5, 5.41) is 5.38. The van der Waals surface area contributed by atoms with Gasteiger partial charge in [-0.15, -0.1) is 0 Å². The number of hydrogen-bond donors (Lipinski definition) is 1. The second-order valence-electron chi connectivity index (χ2n) is 6.52. The van der Waals surface area contributed by atoms with E-state index in [0.29, 0.717) is 16.3 Å². The van der Waals surface area contributed by atoms with Crippen molar-refractivity contribution >= 4 is 34.6 Å². The lowest BCUT2D eigenvalue weighted by atomic mass is 10.0. The van der Waals surface area contributed by atoms with Crippen LogP contribution in [0.2, 0.25) is 5.02 Å². The molecule has 0 saturated heterocycles. The third-order valence-electron chi connectivity index (χ3n) is 4.62. The molecule has 5 nitrogen and oxygen atoms in total. The fourth-order valence-corrected chi connectivity index (χ4v) is 3.26. The molecule has 1 N–H and O–H groups in total. The average molecular weight is 416 g/mol. The molecule has 6 heteroatoms. The maximum absolute atomic E-state index is 12.9. The number of nitrogens with one attached hydrogen (secondary N) is 1. The molecule has 0 atom stereocenters. The van der Waals surface area contributed by atoms with Crippen LogP contribution in [0.1, 0.15) is 15.9 Å². The predicted molar refractivity (Wildman–Crippen MR) is 120 cm³/mol. The van der Waals surface area contributed by atoms with Gasteiger partial charge in [0.15, 0.2) is 0 Å². The van der Waals surface area contributed by atoms with Crippen LogP contribution in [0.15, 0.2) is 84.0 Å². The first-order valence-electron chi connectivity index (χ1n) is 9.28. The van der Waals surface area contributed by atoms with E-state index in [1.54, 1.807) is 19.2 Å². The Bertz CT molecular complexity index is 1240. The molecule has 148 valence electrons. The molecule has 0 unspecified atom stereocenters. The van der Waals surface area contributed by atoms with Crippen molar-refractivity contribution in [3.63, 3.8) is 0 Å². The van der Waals surface area contributed by atoms with Gasteiger partial charge in [-0.1, -0.05) is 48.0 Å². The van der Waals surface area contributed by atoms with Crippen molar-refractivity contribution in [3.05, 3.63) is 95.0 Å². The molecule has 3 aromatic carbocycles. The molecule has 0 bridgehead atoms. The number of carbonyl (C=O) groups excluding carboxylic acids is 1. The molecule has 0 aliphatic carbocycles. The minimum atomic E-state index is -0.327. The average Bonchev–Trinajstić information content (AvgIpc) is 2.79. The van der Waals surface area contributed by atoms with Gasteiger partial charge in [0, 0.05) is 21.5 Å². The van der Waals surface area contributed by atoms with Crippen LogP contribution in [0.5, 0.6) is 5.75 Å². The van der Waals surface area contributed by atoms with E-state index in [-0.39, 0.29) is 5.91 Å². The van der Waals surface area contributed by atoms with Crippen molar-refractivity contribution in [2.45, 2.75) is 0 Å². The molecule has 0 spiro atoms. The van der Waals surface area contributed by atoms with Crippen LogP contribution in [-0.4, -0.2) is 24.2 Å². The van der Waals surface area contributed by atoms with E-state index in [1.165, 1.54) is 6.21 Å². The summed E-state index contributed by atoms with van der Waals surface area (Å²) < 4.78 is 5.22. The van der Waals surface area contributed by atoms with Crippen LogP contribution >= 0.6 is 11.6 Å². The van der Waals surface area contributed by atoms with Crippen LogP contribution in [0.3, 0.4) is 0 Å². The molecule has 1 heterocycles. The topological polar surface area (TPSA) is 63.6 Å². The lowest BCUT2D eigenvalue weighted by Crippen LogP contribution is -2.18. The number of rotatable bonds is 5. The molecular formula is C24H18ClN3O2. The highest BCUT2D eigenvalue weighted by atomic mass is 35.5. The number of carbonyl (C=O) groups is 1. The number of pyridine rings is 1. The van der Waals surface area contributed by atoms with Gasteiger partial charge in [0.25, 0.3) is 5.91 Å². The first kappa shape index (κ1) is 19.6. The van der Waals surface area contributed by atoms with Gasteiger partial charge in [-0.25, -0.2) is 10.4 Å². The fraction of sp³-hybridized carbons (Fsp3) is 0.0417. The molecule has 0 aliphatic rings. The standard InChI is InChI=1S/C24H18ClN3O2/c1-30-18-12-10-16(11-13-18)23-14-20(19-7-3-5-9-22(19)27-23)24(29)28-26-15-17-6-2-4-8-21(17)25/h2-15H,1H3,(H,28,29). The van der Waals surface area contributed by atoms with Crippen LogP contribution in [0.4, 0.5) is 0 Å². The van der Waals surface area contributed by atoms with Crippen molar-refractivity contribution in [1.82, 2.24) is 10.4 Å². The van der Waals surface area contributed by atoms with Gasteiger partial charge < -0.3 is 4.74 Å². The molecule has 1 aromatic heterocycles. The number of nitrogens with zero attached hydrogens (tertiary/aromatic N) is 2. The number of benzene rings is 3. The number of ether oxygens (including phenoxy) is 1. The van der Waals surface area contributed by atoms with Crippen molar-refractivity contribution in [3.8, 4) is 17.0 Å². The van der Waals surface area contributed by atoms with E-state index in [0.717, 1.165) is 27.8 Å². The lowest BCUT2D eigenvalue weighted by Gasteiger charge is -2.09. The summed E-state index contributed by atoms with van der Waals surface area (Å²) in [6.45, 7) is 0. The Morgan fingerprint density at radius 2 is 1.77 bits per heavy atom. The number of hydrazone groups is 1. The predicted octanol–water partition coefficient (Wildman–Crippen LogP) is 5.33. The maximum Gasteiger partial charge on any atom is 0.272 e. The Kier molecular flexibility index (Phi) is 5.72. The summed E-state index contributed by atoms with van der Waals surface area (Å²) in [7, 11) is 1.62. The molecule has 4 rings (SSSR count). The third-order valence-corrected chi connectivity index (χ3v) is 4.97. The van der Waals surface area contributed by atoms with Gasteiger partial charge in [0.2, 0.25) is 0 Å². The molecule has 30 heavy (non-hydrogen) atoms. The summed E-state index contributed by atoms with van der Waals surface area (Å²) in [6, 6.07) is 24.1. The normalized spacial score (nSPS) is 11.0. The zero-order chi connectivity index (χ0) is 20.9. The summed E-state index contributed by atoms with van der Waals surface area (Å²) in [5.41, 5.74) is 6.10. The summed E-state index contributed by atoms with van der Waals surface area (Å²) >= 11 is 6.12. The summed E-state index contributed by atoms with van der Waals surface area (Å²) in [4.78, 5) is 17.6. The van der Waals surface area contributed by atoms with E-state index >= 15 is 0 Å². The van der Waals surface area contributed by atoms with E-state index in [2.05, 4.69) is 10.5 Å². The Labute approximate surface area is 179 Å². The van der Waals surface area contributed by atoms with Gasteiger partial charge in [-0.2, -0.15) is 5.10 Å². The minimum Gasteiger partial charge on any atom is -0.497 e. The minimum absolute atomic E-state index is 0.327. The number of aromatic nitrogens is 1. The number of hydrogen-bond acceptors (Lipinski definition) is 4. The maximum atomic E-state index is 12.9. The van der Waals surface area contributed by atoms with Gasteiger partial charge >= 0.3 is 0 Å². The molecule has 4 aromatic rings. The lowest BCUT2D eigenvalue weighted by molar-refractivity contribution is 0.0956. The van der Waals surface area contributed by atoms with Crippen molar-refractivity contribution < 1.29 is 9.53 Å². The van der Waals surface area contributed by atoms with E-state index < -0.39 is 0 Å². The number of amides is 1. The molecular weight excluding hydrogens is 398 g/mol. The monoisotopic (exact) mass is 415 g/mol. The molecule has 0 aliphatic heterocycles. The van der Waals surface area contributed by atoms with Gasteiger partial charge in [-0.3, -0.25) is 4.79 Å². The largest absolute Gasteiger partial charge is 0.497 e. The highest BCUT2D eigenvalue weighted by molar-refractivity contribution is 6.33. The van der Waals surface area contributed by atoms with Gasteiger partial charge in [0.05, 0.1) is 30.1 Å². The second kappa shape index (κ2) is 8.76. The molecule has 0 radical (unpaired) electrons. The summed E-state index contributed by atoms with van der Waals surface area (Å²) in [6.07, 6.45) is 1.52. The Balaban J connectivity index is 1.68. The zero-order valence-corrected chi connectivity index (χ0v) is 16.9. The first-order valence-corrected chi connectivity index (χ1v) is 9.65. The van der Waals surface area contributed by atoms with E-state index in [4.69, 9.17) is 21.3 Å². The van der Waals surface area contributed by atoms with Crippen LogP contribution in [-0.2, 0) is 0 Å². The fourth-order valence-electron chi connectivity index (χ4n) is 3.07. The second-order valence-corrected chi connectivity index (χ2v) is 6.93. The summed E-state index contributed by atoms with van der Waals surface area (Å²) in [5.74, 6) is 0.429. The molecule has 0 fully saturated rings. The molecule has 0 saturated carbocycles. The highest BCUT2D eigenvalue weighted by Crippen LogP contribution is 2.26. The smallest absolute Gasteiger partial charge is 0.272 e. The van der Waals surface area contributed by atoms with Crippen molar-refractivity contribution in [1.29, 1.82) is 0 Å². The molecule has 1 amide bonds. The number of para-hydroxylation sites is 1.